The van der Waals surface area contributed by atoms with Gasteiger partial charge in [-0.1, -0.05) is 25.1 Å². The summed E-state index contributed by atoms with van der Waals surface area (Å²) in [6, 6.07) is 14.1. The molecule has 2 aromatic heterocycles. The highest BCUT2D eigenvalue weighted by molar-refractivity contribution is 7.89. The van der Waals surface area contributed by atoms with Crippen molar-refractivity contribution in [1.29, 1.82) is 0 Å². The van der Waals surface area contributed by atoms with Gasteiger partial charge in [0.25, 0.3) is 5.56 Å². The first-order valence-corrected chi connectivity index (χ1v) is 12.6. The molecular weight excluding hydrogens is 404 g/mol. The van der Waals surface area contributed by atoms with Crippen LogP contribution in [-0.4, -0.2) is 36.1 Å². The third-order valence-electron chi connectivity index (χ3n) is 6.10. The van der Waals surface area contributed by atoms with Crippen LogP contribution >= 0.6 is 11.3 Å². The number of rotatable bonds is 4. The summed E-state index contributed by atoms with van der Waals surface area (Å²) in [4.78, 5) is 13.8. The van der Waals surface area contributed by atoms with E-state index in [0.717, 1.165) is 22.6 Å². The van der Waals surface area contributed by atoms with Crippen LogP contribution in [0.25, 0.3) is 20.5 Å². The first-order chi connectivity index (χ1) is 14.0. The van der Waals surface area contributed by atoms with Crippen LogP contribution in [0.3, 0.4) is 0 Å². The average molecular weight is 429 g/mol. The molecule has 7 heteroatoms. The molecule has 0 aliphatic carbocycles. The third kappa shape index (κ3) is 3.25. The van der Waals surface area contributed by atoms with Crippen molar-refractivity contribution in [3.05, 3.63) is 58.5 Å². The number of thiophene rings is 1. The Bertz CT molecular complexity index is 1210. The van der Waals surface area contributed by atoms with E-state index >= 15 is 0 Å². The molecule has 1 saturated heterocycles. The topological polar surface area (TPSA) is 59.4 Å². The zero-order valence-corrected chi connectivity index (χ0v) is 18.0. The second-order valence-electron chi connectivity index (χ2n) is 8.16. The number of hydrogen-bond acceptors (Lipinski definition) is 4. The molecule has 2 aliphatic rings. The summed E-state index contributed by atoms with van der Waals surface area (Å²) in [5.41, 5.74) is 2.10. The number of fused-ring (bicyclic) bond motifs is 5. The van der Waals surface area contributed by atoms with Crippen molar-refractivity contribution in [3.8, 4) is 10.4 Å². The van der Waals surface area contributed by atoms with Gasteiger partial charge in [-0.3, -0.25) is 4.79 Å². The average Bonchev–Trinajstić information content (AvgIpc) is 3.12. The molecule has 1 aromatic carbocycles. The summed E-state index contributed by atoms with van der Waals surface area (Å²) < 4.78 is 30.3. The molecule has 3 aromatic rings. The molecule has 0 saturated carbocycles. The Morgan fingerprint density at radius 3 is 2.72 bits per heavy atom. The summed E-state index contributed by atoms with van der Waals surface area (Å²) in [5.74, 6) is 0.448. The molecule has 152 valence electrons. The molecule has 0 radical (unpaired) electrons. The SMILES string of the molecule is CCCS(=O)(=O)N1CC2CC(C1)c1c(-c3cc4ccccc4s3)ccc(=O)n1C2. The Kier molecular flexibility index (Phi) is 4.64. The van der Waals surface area contributed by atoms with Crippen molar-refractivity contribution in [1.82, 2.24) is 8.87 Å². The highest BCUT2D eigenvalue weighted by Crippen LogP contribution is 2.43. The molecule has 4 heterocycles. The van der Waals surface area contributed by atoms with Crippen molar-refractivity contribution < 1.29 is 8.42 Å². The van der Waals surface area contributed by atoms with Gasteiger partial charge >= 0.3 is 0 Å². The molecule has 0 N–H and O–H groups in total. The molecule has 0 spiro atoms. The minimum absolute atomic E-state index is 0.0180. The number of benzene rings is 1. The van der Waals surface area contributed by atoms with Gasteiger partial charge in [0, 0.05) is 52.5 Å². The Labute approximate surface area is 174 Å². The Hall–Kier alpha value is -1.96. The van der Waals surface area contributed by atoms with E-state index in [1.54, 1.807) is 21.7 Å². The maximum absolute atomic E-state index is 12.7. The fourth-order valence-corrected chi connectivity index (χ4v) is 7.62. The molecular formula is C22H24N2O3S2. The van der Waals surface area contributed by atoms with Crippen LogP contribution < -0.4 is 5.56 Å². The van der Waals surface area contributed by atoms with E-state index < -0.39 is 10.0 Å². The second-order valence-corrected chi connectivity index (χ2v) is 11.3. The van der Waals surface area contributed by atoms with Crippen LogP contribution in [0.1, 0.15) is 31.4 Å². The number of piperidine rings is 1. The third-order valence-corrected chi connectivity index (χ3v) is 9.26. The van der Waals surface area contributed by atoms with Crippen LogP contribution in [0, 0.1) is 5.92 Å². The monoisotopic (exact) mass is 428 g/mol. The molecule has 5 nitrogen and oxygen atoms in total. The highest BCUT2D eigenvalue weighted by atomic mass is 32.2. The molecule has 5 rings (SSSR count). The molecule has 2 bridgehead atoms. The quantitative estimate of drug-likeness (QED) is 0.633. The van der Waals surface area contributed by atoms with Crippen molar-refractivity contribution in [2.45, 2.75) is 32.2 Å². The maximum atomic E-state index is 12.7. The number of hydrogen-bond donors (Lipinski definition) is 0. The lowest BCUT2D eigenvalue weighted by Gasteiger charge is -2.42. The first-order valence-electron chi connectivity index (χ1n) is 10.2. The normalized spacial score (nSPS) is 22.0. The second kappa shape index (κ2) is 7.07. The van der Waals surface area contributed by atoms with Gasteiger partial charge in [0.05, 0.1) is 5.75 Å². The standard InChI is InChI=1S/C22H24N2O3S2/c1-2-9-29(26,27)23-12-15-10-17(14-23)22-18(7-8-21(25)24(22)13-15)20-11-16-5-3-4-6-19(16)28-20/h3-8,11,15,17H,2,9-10,12-14H2,1H3. The maximum Gasteiger partial charge on any atom is 0.250 e. The van der Waals surface area contributed by atoms with Gasteiger partial charge < -0.3 is 4.57 Å². The van der Waals surface area contributed by atoms with E-state index in [0.29, 0.717) is 26.1 Å². The number of aromatic nitrogens is 1. The zero-order chi connectivity index (χ0) is 20.2. The molecule has 2 atom stereocenters. The van der Waals surface area contributed by atoms with E-state index in [4.69, 9.17) is 0 Å². The highest BCUT2D eigenvalue weighted by Gasteiger charge is 2.40. The van der Waals surface area contributed by atoms with Gasteiger partial charge in [0.2, 0.25) is 10.0 Å². The smallest absolute Gasteiger partial charge is 0.250 e. The Balaban J connectivity index is 1.62. The summed E-state index contributed by atoms with van der Waals surface area (Å²) >= 11 is 1.73. The van der Waals surface area contributed by atoms with E-state index in [1.165, 1.54) is 10.1 Å². The predicted octanol–water partition coefficient (Wildman–Crippen LogP) is 3.89. The summed E-state index contributed by atoms with van der Waals surface area (Å²) in [5, 5.41) is 1.20. The molecule has 29 heavy (non-hydrogen) atoms. The van der Waals surface area contributed by atoms with Crippen molar-refractivity contribution in [3.63, 3.8) is 0 Å². The van der Waals surface area contributed by atoms with E-state index in [2.05, 4.69) is 18.2 Å². The van der Waals surface area contributed by atoms with Crippen LogP contribution in [-0.2, 0) is 16.6 Å². The minimum Gasteiger partial charge on any atom is -0.311 e. The van der Waals surface area contributed by atoms with Crippen LogP contribution in [0.5, 0.6) is 0 Å². The first kappa shape index (κ1) is 19.0. The zero-order valence-electron chi connectivity index (χ0n) is 16.4. The van der Waals surface area contributed by atoms with Crippen molar-refractivity contribution >= 4 is 31.4 Å². The van der Waals surface area contributed by atoms with Gasteiger partial charge in [0.1, 0.15) is 0 Å². The van der Waals surface area contributed by atoms with Gasteiger partial charge in [0.15, 0.2) is 0 Å². The Morgan fingerprint density at radius 1 is 1.10 bits per heavy atom. The Morgan fingerprint density at radius 2 is 1.93 bits per heavy atom. The van der Waals surface area contributed by atoms with Crippen molar-refractivity contribution in [2.24, 2.45) is 5.92 Å². The lowest BCUT2D eigenvalue weighted by Crippen LogP contribution is -2.49. The summed E-state index contributed by atoms with van der Waals surface area (Å²) in [6.07, 6.45) is 1.57. The lowest BCUT2D eigenvalue weighted by atomic mass is 9.82. The van der Waals surface area contributed by atoms with Gasteiger partial charge in [-0.15, -0.1) is 11.3 Å². The predicted molar refractivity (Wildman–Crippen MR) is 118 cm³/mol. The van der Waals surface area contributed by atoms with Crippen LogP contribution in [0.15, 0.2) is 47.3 Å². The number of sulfonamides is 1. The summed E-state index contributed by atoms with van der Waals surface area (Å²) in [7, 11) is -3.24. The fraction of sp³-hybridized carbons (Fsp3) is 0.409. The molecule has 2 unspecified atom stereocenters. The van der Waals surface area contributed by atoms with Crippen LogP contribution in [0.2, 0.25) is 0 Å². The minimum atomic E-state index is -3.24. The van der Waals surface area contributed by atoms with Gasteiger partial charge in [-0.2, -0.15) is 0 Å². The van der Waals surface area contributed by atoms with Gasteiger partial charge in [-0.05, 0) is 42.3 Å². The molecule has 2 aliphatic heterocycles. The fourth-order valence-electron chi connectivity index (χ4n) is 4.91. The van der Waals surface area contributed by atoms with Crippen molar-refractivity contribution in [2.75, 3.05) is 18.8 Å². The van der Waals surface area contributed by atoms with Gasteiger partial charge in [-0.25, -0.2) is 12.7 Å². The lowest BCUT2D eigenvalue weighted by molar-refractivity contribution is 0.187. The number of pyridine rings is 1. The molecule has 1 fully saturated rings. The summed E-state index contributed by atoms with van der Waals surface area (Å²) in [6.45, 7) is 3.50. The van der Waals surface area contributed by atoms with Crippen LogP contribution in [0.4, 0.5) is 0 Å². The van der Waals surface area contributed by atoms with E-state index in [-0.39, 0.29) is 23.1 Å². The largest absolute Gasteiger partial charge is 0.311 e. The molecule has 0 amide bonds. The number of nitrogens with zero attached hydrogens (tertiary/aromatic N) is 2. The van der Waals surface area contributed by atoms with E-state index in [1.807, 2.05) is 29.7 Å². The van der Waals surface area contributed by atoms with E-state index in [9.17, 15) is 13.2 Å².